The topological polar surface area (TPSA) is 120 Å². The summed E-state index contributed by atoms with van der Waals surface area (Å²) in [5.41, 5.74) is 0.643. The minimum atomic E-state index is -0.511. The van der Waals surface area contributed by atoms with Crippen LogP contribution in [-0.4, -0.2) is 66.4 Å². The van der Waals surface area contributed by atoms with Gasteiger partial charge in [0.2, 0.25) is 5.91 Å². The Labute approximate surface area is 176 Å². The number of nitrogens with zero attached hydrogens (tertiary/aromatic N) is 5. The number of hydrogen-bond acceptors (Lipinski definition) is 7. The summed E-state index contributed by atoms with van der Waals surface area (Å²) >= 11 is 1.70. The molecule has 0 atom stereocenters. The molecular formula is C19H25N7O3S. The Hall–Kier alpha value is -2.79. The fourth-order valence-electron chi connectivity index (χ4n) is 3.62. The van der Waals surface area contributed by atoms with Crippen LogP contribution >= 0.6 is 11.3 Å². The number of aryl methyl sites for hydroxylation is 3. The molecular weight excluding hydrogens is 406 g/mol. The first-order valence-electron chi connectivity index (χ1n) is 10.1. The van der Waals surface area contributed by atoms with Crippen LogP contribution in [0.5, 0.6) is 0 Å². The molecule has 4 rings (SSSR count). The second kappa shape index (κ2) is 8.52. The van der Waals surface area contributed by atoms with Crippen LogP contribution in [0.4, 0.5) is 0 Å². The number of H-pyrrole nitrogens is 2. The fourth-order valence-corrected chi connectivity index (χ4v) is 4.36. The smallest absolute Gasteiger partial charge is 0.329 e. The van der Waals surface area contributed by atoms with E-state index in [2.05, 4.69) is 37.1 Å². The Kier molecular flexibility index (Phi) is 5.82. The Morgan fingerprint density at radius 3 is 2.63 bits per heavy atom. The van der Waals surface area contributed by atoms with Crippen molar-refractivity contribution in [3.8, 4) is 0 Å². The highest BCUT2D eigenvalue weighted by atomic mass is 32.1. The summed E-state index contributed by atoms with van der Waals surface area (Å²) in [4.78, 5) is 54.5. The van der Waals surface area contributed by atoms with E-state index in [1.54, 1.807) is 18.4 Å². The lowest BCUT2D eigenvalue weighted by atomic mass is 10.2. The van der Waals surface area contributed by atoms with Crippen LogP contribution in [-0.2, 0) is 31.2 Å². The van der Waals surface area contributed by atoms with Gasteiger partial charge in [0.1, 0.15) is 11.3 Å². The predicted octanol–water partition coefficient (Wildman–Crippen LogP) is 0.246. The highest BCUT2D eigenvalue weighted by Crippen LogP contribution is 2.14. The third-order valence-electron chi connectivity index (χ3n) is 5.39. The van der Waals surface area contributed by atoms with Gasteiger partial charge in [0.05, 0.1) is 10.7 Å². The molecule has 0 bridgehead atoms. The Morgan fingerprint density at radius 2 is 1.93 bits per heavy atom. The van der Waals surface area contributed by atoms with Gasteiger partial charge in [-0.05, 0) is 6.42 Å². The van der Waals surface area contributed by atoms with Crippen LogP contribution in [0.25, 0.3) is 11.2 Å². The summed E-state index contributed by atoms with van der Waals surface area (Å²) in [7, 11) is 1.55. The molecule has 4 heterocycles. The first-order chi connectivity index (χ1) is 14.4. The van der Waals surface area contributed by atoms with Crippen molar-refractivity contribution in [1.82, 2.24) is 34.3 Å². The molecule has 0 unspecified atom stereocenters. The van der Waals surface area contributed by atoms with Gasteiger partial charge in [-0.3, -0.25) is 24.0 Å². The SMILES string of the molecule is CCc1nc(CN2CCN(C(=O)CCc3nc4c([nH]3)c(=O)[nH]c(=O)n4C)CC2)cs1. The van der Waals surface area contributed by atoms with Crippen molar-refractivity contribution in [3.63, 3.8) is 0 Å². The lowest BCUT2D eigenvalue weighted by molar-refractivity contribution is -0.133. The molecule has 11 heteroatoms. The molecule has 1 saturated heterocycles. The zero-order valence-electron chi connectivity index (χ0n) is 17.1. The highest BCUT2D eigenvalue weighted by molar-refractivity contribution is 7.09. The number of thiazole rings is 1. The highest BCUT2D eigenvalue weighted by Gasteiger charge is 2.22. The molecule has 1 aliphatic rings. The van der Waals surface area contributed by atoms with Gasteiger partial charge in [0, 0.05) is 58.0 Å². The second-order valence-corrected chi connectivity index (χ2v) is 8.39. The maximum atomic E-state index is 12.6. The summed E-state index contributed by atoms with van der Waals surface area (Å²) in [5, 5.41) is 3.27. The van der Waals surface area contributed by atoms with E-state index in [0.717, 1.165) is 36.8 Å². The van der Waals surface area contributed by atoms with Gasteiger partial charge >= 0.3 is 5.69 Å². The van der Waals surface area contributed by atoms with E-state index < -0.39 is 11.2 Å². The van der Waals surface area contributed by atoms with Crippen molar-refractivity contribution in [2.75, 3.05) is 26.2 Å². The molecule has 160 valence electrons. The molecule has 30 heavy (non-hydrogen) atoms. The van der Waals surface area contributed by atoms with Gasteiger partial charge in [-0.25, -0.2) is 14.8 Å². The zero-order valence-corrected chi connectivity index (χ0v) is 17.9. The Morgan fingerprint density at radius 1 is 1.17 bits per heavy atom. The number of aromatic nitrogens is 5. The molecule has 0 aliphatic carbocycles. The average molecular weight is 432 g/mol. The van der Waals surface area contributed by atoms with Crippen molar-refractivity contribution in [1.29, 1.82) is 0 Å². The molecule has 1 fully saturated rings. The lowest BCUT2D eigenvalue weighted by Crippen LogP contribution is -2.48. The van der Waals surface area contributed by atoms with Gasteiger partial charge in [-0.2, -0.15) is 0 Å². The Balaban J connectivity index is 1.30. The standard InChI is InChI=1S/C19H25N7O3S/c1-3-14-20-12(11-30-14)10-25-6-8-26(9-7-25)15(27)5-4-13-21-16-17(22-13)24(2)19(29)23-18(16)28/h11H,3-10H2,1-2H3,(H,21,22)(H,23,28,29). The molecule has 10 nitrogen and oxygen atoms in total. The van der Waals surface area contributed by atoms with Gasteiger partial charge in [-0.15, -0.1) is 11.3 Å². The number of hydrogen-bond donors (Lipinski definition) is 2. The van der Waals surface area contributed by atoms with Crippen LogP contribution in [0.15, 0.2) is 15.0 Å². The van der Waals surface area contributed by atoms with Crippen LogP contribution in [0.3, 0.4) is 0 Å². The van der Waals surface area contributed by atoms with Crippen molar-refractivity contribution < 1.29 is 4.79 Å². The van der Waals surface area contributed by atoms with E-state index in [4.69, 9.17) is 0 Å². The van der Waals surface area contributed by atoms with E-state index in [-0.39, 0.29) is 11.4 Å². The molecule has 1 aliphatic heterocycles. The molecule has 2 N–H and O–H groups in total. The third kappa shape index (κ3) is 4.21. The van der Waals surface area contributed by atoms with E-state index in [9.17, 15) is 14.4 Å². The van der Waals surface area contributed by atoms with Crippen molar-refractivity contribution in [3.05, 3.63) is 42.7 Å². The van der Waals surface area contributed by atoms with Crippen molar-refractivity contribution in [2.45, 2.75) is 32.7 Å². The van der Waals surface area contributed by atoms with Gasteiger partial charge in [0.25, 0.3) is 5.56 Å². The summed E-state index contributed by atoms with van der Waals surface area (Å²) < 4.78 is 1.28. The third-order valence-corrected chi connectivity index (χ3v) is 6.43. The number of nitrogens with one attached hydrogen (secondary N) is 2. The van der Waals surface area contributed by atoms with Crippen LogP contribution in [0, 0.1) is 0 Å². The number of aromatic amines is 2. The molecule has 0 radical (unpaired) electrons. The number of carbonyl (C=O) groups excluding carboxylic acids is 1. The fraction of sp³-hybridized carbons (Fsp3) is 0.526. The first-order valence-corrected chi connectivity index (χ1v) is 10.9. The maximum absolute atomic E-state index is 12.6. The second-order valence-electron chi connectivity index (χ2n) is 7.44. The molecule has 1 amide bonds. The summed E-state index contributed by atoms with van der Waals surface area (Å²) in [6, 6.07) is 0. The summed E-state index contributed by atoms with van der Waals surface area (Å²) in [5.74, 6) is 0.596. The lowest BCUT2D eigenvalue weighted by Gasteiger charge is -2.34. The van der Waals surface area contributed by atoms with Crippen molar-refractivity contribution in [2.24, 2.45) is 7.05 Å². The Bertz CT molecular complexity index is 1170. The summed E-state index contributed by atoms with van der Waals surface area (Å²) in [6.45, 7) is 5.97. The molecule has 0 aromatic carbocycles. The largest absolute Gasteiger partial charge is 0.340 e. The number of piperazine rings is 1. The monoisotopic (exact) mass is 431 g/mol. The molecule has 0 saturated carbocycles. The quantitative estimate of drug-likeness (QED) is 0.577. The zero-order chi connectivity index (χ0) is 21.3. The van der Waals surface area contributed by atoms with E-state index in [1.165, 1.54) is 4.57 Å². The number of imidazole rings is 1. The number of carbonyl (C=O) groups is 1. The number of rotatable bonds is 6. The van der Waals surface area contributed by atoms with Crippen LogP contribution < -0.4 is 11.2 Å². The van der Waals surface area contributed by atoms with Crippen LogP contribution in [0.2, 0.25) is 0 Å². The molecule has 3 aromatic heterocycles. The first kappa shape index (κ1) is 20.5. The molecule has 0 spiro atoms. The van der Waals surface area contributed by atoms with E-state index >= 15 is 0 Å². The van der Waals surface area contributed by atoms with Gasteiger partial charge in [0.15, 0.2) is 5.65 Å². The number of amides is 1. The predicted molar refractivity (Wildman–Crippen MR) is 114 cm³/mol. The van der Waals surface area contributed by atoms with E-state index in [0.29, 0.717) is 37.4 Å². The normalized spacial score (nSPS) is 15.2. The van der Waals surface area contributed by atoms with E-state index in [1.807, 2.05) is 4.90 Å². The van der Waals surface area contributed by atoms with Gasteiger partial charge < -0.3 is 9.88 Å². The van der Waals surface area contributed by atoms with Crippen LogP contribution in [0.1, 0.15) is 29.9 Å². The molecule has 3 aromatic rings. The summed E-state index contributed by atoms with van der Waals surface area (Å²) in [6.07, 6.45) is 1.65. The number of fused-ring (bicyclic) bond motifs is 1. The van der Waals surface area contributed by atoms with Crippen molar-refractivity contribution >= 4 is 28.4 Å². The minimum absolute atomic E-state index is 0.0693. The van der Waals surface area contributed by atoms with Gasteiger partial charge in [-0.1, -0.05) is 6.92 Å². The minimum Gasteiger partial charge on any atom is -0.340 e. The average Bonchev–Trinajstić information content (AvgIpc) is 3.38. The maximum Gasteiger partial charge on any atom is 0.329 e.